The van der Waals surface area contributed by atoms with Gasteiger partial charge in [0.2, 0.25) is 0 Å². The number of fused-ring (bicyclic) bond motifs is 1. The van der Waals surface area contributed by atoms with Gasteiger partial charge >= 0.3 is 0 Å². The van der Waals surface area contributed by atoms with Gasteiger partial charge in [-0.15, -0.1) is 0 Å². The Morgan fingerprint density at radius 2 is 1.92 bits per heavy atom. The second-order valence-corrected chi connectivity index (χ2v) is 6.28. The zero-order valence-corrected chi connectivity index (χ0v) is 15.3. The van der Waals surface area contributed by atoms with E-state index in [1.165, 1.54) is 16.8 Å². The molecule has 25 heavy (non-hydrogen) atoms. The molecule has 0 radical (unpaired) electrons. The molecule has 0 heterocycles. The molecule has 124 valence electrons. The Labute approximate surface area is 155 Å². The molecule has 0 aliphatic heterocycles. The molecule has 0 saturated carbocycles. The van der Waals surface area contributed by atoms with Crippen LogP contribution < -0.4 is 9.47 Å². The van der Waals surface area contributed by atoms with Crippen molar-refractivity contribution in [2.24, 2.45) is 0 Å². The Balaban J connectivity index is 1.90. The maximum atomic E-state index is 8.67. The van der Waals surface area contributed by atoms with E-state index in [4.69, 9.17) is 14.7 Å². The molecule has 0 saturated heterocycles. The van der Waals surface area contributed by atoms with Crippen LogP contribution in [0.5, 0.6) is 11.5 Å². The summed E-state index contributed by atoms with van der Waals surface area (Å²) in [5.41, 5.74) is 1.98. The van der Waals surface area contributed by atoms with Crippen LogP contribution in [-0.4, -0.2) is 7.11 Å². The molecule has 3 aromatic carbocycles. The van der Waals surface area contributed by atoms with Gasteiger partial charge in [-0.05, 0) is 56.0 Å². The van der Waals surface area contributed by atoms with Gasteiger partial charge in [-0.3, -0.25) is 0 Å². The van der Waals surface area contributed by atoms with Crippen LogP contribution in [0.4, 0.5) is 0 Å². The Bertz CT molecular complexity index is 968. The van der Waals surface area contributed by atoms with Gasteiger partial charge in [-0.1, -0.05) is 42.5 Å². The smallest absolute Gasteiger partial charge is 0.175 e. The van der Waals surface area contributed by atoms with E-state index in [-0.39, 0.29) is 0 Å². The summed E-state index contributed by atoms with van der Waals surface area (Å²) in [7, 11) is 1.60. The minimum atomic E-state index is 0.434. The lowest BCUT2D eigenvalue weighted by molar-refractivity contribution is 0.283. The number of halogens is 1. The van der Waals surface area contributed by atoms with Crippen LogP contribution in [-0.2, 0) is 6.61 Å². The number of benzene rings is 3. The molecule has 0 N–H and O–H groups in total. The maximum Gasteiger partial charge on any atom is 0.175 e. The number of methoxy groups -OCH3 is 1. The van der Waals surface area contributed by atoms with E-state index in [1.807, 2.05) is 36.4 Å². The number of rotatable bonds is 5. The van der Waals surface area contributed by atoms with E-state index in [0.29, 0.717) is 18.1 Å². The van der Waals surface area contributed by atoms with Gasteiger partial charge in [0.25, 0.3) is 0 Å². The van der Waals surface area contributed by atoms with Crippen molar-refractivity contribution in [3.8, 4) is 17.6 Å². The monoisotopic (exact) mass is 393 g/mol. The zero-order chi connectivity index (χ0) is 17.6. The van der Waals surface area contributed by atoms with Crippen molar-refractivity contribution >= 4 is 32.8 Å². The molecule has 0 amide bonds. The molecular weight excluding hydrogens is 378 g/mol. The van der Waals surface area contributed by atoms with Gasteiger partial charge in [-0.25, -0.2) is 0 Å². The third-order valence-electron chi connectivity index (χ3n) is 3.85. The molecule has 0 aliphatic rings. The van der Waals surface area contributed by atoms with Crippen LogP contribution in [0.25, 0.3) is 16.8 Å². The van der Waals surface area contributed by atoms with Gasteiger partial charge < -0.3 is 9.47 Å². The van der Waals surface area contributed by atoms with Crippen molar-refractivity contribution in [2.45, 2.75) is 6.61 Å². The van der Waals surface area contributed by atoms with Gasteiger partial charge in [0.15, 0.2) is 11.5 Å². The molecule has 0 bridgehead atoms. The largest absolute Gasteiger partial charge is 0.493 e. The Morgan fingerprint density at radius 1 is 1.12 bits per heavy atom. The summed E-state index contributed by atoms with van der Waals surface area (Å²) in [6, 6.07) is 20.1. The number of ether oxygens (including phenoxy) is 2. The Kier molecular flexibility index (Phi) is 5.37. The summed E-state index contributed by atoms with van der Waals surface area (Å²) in [5, 5.41) is 11.0. The summed E-state index contributed by atoms with van der Waals surface area (Å²) in [6.45, 7) is 0.434. The first-order chi connectivity index (χ1) is 12.2. The second kappa shape index (κ2) is 7.87. The zero-order valence-electron chi connectivity index (χ0n) is 13.7. The van der Waals surface area contributed by atoms with Crippen molar-refractivity contribution in [3.63, 3.8) is 0 Å². The lowest BCUT2D eigenvalue weighted by atomic mass is 10.1. The number of hydrogen-bond donors (Lipinski definition) is 0. The Morgan fingerprint density at radius 3 is 2.72 bits per heavy atom. The first kappa shape index (κ1) is 17.1. The van der Waals surface area contributed by atoms with Crippen molar-refractivity contribution in [1.29, 1.82) is 5.26 Å². The number of allylic oxidation sites excluding steroid dienone is 1. The SMILES string of the molecule is COc1cc(C=CC#N)cc(Br)c1OCc1cccc2ccccc12. The Hall–Kier alpha value is -2.77. The molecule has 0 atom stereocenters. The van der Waals surface area contributed by atoms with E-state index in [1.54, 1.807) is 13.2 Å². The molecule has 0 spiro atoms. The first-order valence-corrected chi connectivity index (χ1v) is 8.55. The molecule has 0 aliphatic carbocycles. The van der Waals surface area contributed by atoms with Crippen molar-refractivity contribution in [1.82, 2.24) is 0 Å². The second-order valence-electron chi connectivity index (χ2n) is 5.42. The average Bonchev–Trinajstić information content (AvgIpc) is 2.65. The van der Waals surface area contributed by atoms with Crippen LogP contribution in [0, 0.1) is 11.3 Å². The molecular formula is C21H16BrNO2. The standard InChI is InChI=1S/C21H16BrNO2/c1-24-20-13-15(6-5-11-23)12-19(22)21(20)25-14-17-9-4-8-16-7-2-3-10-18(16)17/h2-10,12-13H,14H2,1H3. The van der Waals surface area contributed by atoms with E-state index < -0.39 is 0 Å². The average molecular weight is 394 g/mol. The highest BCUT2D eigenvalue weighted by Gasteiger charge is 2.12. The quantitative estimate of drug-likeness (QED) is 0.520. The molecule has 3 aromatic rings. The van der Waals surface area contributed by atoms with E-state index in [2.05, 4.69) is 40.2 Å². The van der Waals surface area contributed by atoms with Gasteiger partial charge in [0, 0.05) is 6.08 Å². The predicted octanol–water partition coefficient (Wildman–Crippen LogP) is 5.73. The third kappa shape index (κ3) is 3.84. The molecule has 3 rings (SSSR count). The fraction of sp³-hybridized carbons (Fsp3) is 0.0952. The van der Waals surface area contributed by atoms with Gasteiger partial charge in [-0.2, -0.15) is 5.26 Å². The third-order valence-corrected chi connectivity index (χ3v) is 4.44. The predicted molar refractivity (Wildman–Crippen MR) is 104 cm³/mol. The summed E-state index contributed by atoms with van der Waals surface area (Å²) in [5.74, 6) is 1.26. The van der Waals surface area contributed by atoms with Crippen molar-refractivity contribution < 1.29 is 9.47 Å². The lowest BCUT2D eigenvalue weighted by Crippen LogP contribution is -1.99. The van der Waals surface area contributed by atoms with Crippen molar-refractivity contribution in [2.75, 3.05) is 7.11 Å². The molecule has 0 unspecified atom stereocenters. The van der Waals surface area contributed by atoms with E-state index in [9.17, 15) is 0 Å². The van der Waals surface area contributed by atoms with E-state index >= 15 is 0 Å². The fourth-order valence-corrected chi connectivity index (χ4v) is 3.25. The summed E-state index contributed by atoms with van der Waals surface area (Å²) in [6.07, 6.45) is 3.15. The maximum absolute atomic E-state index is 8.67. The molecule has 3 nitrogen and oxygen atoms in total. The first-order valence-electron chi connectivity index (χ1n) is 7.76. The normalized spacial score (nSPS) is 10.8. The topological polar surface area (TPSA) is 42.2 Å². The minimum absolute atomic E-state index is 0.434. The summed E-state index contributed by atoms with van der Waals surface area (Å²) >= 11 is 3.53. The number of nitriles is 1. The van der Waals surface area contributed by atoms with Crippen LogP contribution in [0.2, 0.25) is 0 Å². The summed E-state index contributed by atoms with van der Waals surface area (Å²) < 4.78 is 12.3. The minimum Gasteiger partial charge on any atom is -0.493 e. The van der Waals surface area contributed by atoms with E-state index in [0.717, 1.165) is 15.6 Å². The highest BCUT2D eigenvalue weighted by atomic mass is 79.9. The van der Waals surface area contributed by atoms with Gasteiger partial charge in [0.05, 0.1) is 17.7 Å². The lowest BCUT2D eigenvalue weighted by Gasteiger charge is -2.14. The fourth-order valence-electron chi connectivity index (χ4n) is 2.68. The van der Waals surface area contributed by atoms with Crippen LogP contribution in [0.3, 0.4) is 0 Å². The molecule has 0 fully saturated rings. The molecule has 4 heteroatoms. The van der Waals surface area contributed by atoms with Crippen LogP contribution in [0.1, 0.15) is 11.1 Å². The number of hydrogen-bond acceptors (Lipinski definition) is 3. The highest BCUT2D eigenvalue weighted by Crippen LogP contribution is 2.37. The van der Waals surface area contributed by atoms with Gasteiger partial charge in [0.1, 0.15) is 6.61 Å². The van der Waals surface area contributed by atoms with Crippen molar-refractivity contribution in [3.05, 3.63) is 76.3 Å². The number of nitrogens with zero attached hydrogens (tertiary/aromatic N) is 1. The van der Waals surface area contributed by atoms with Crippen LogP contribution in [0.15, 0.2) is 65.1 Å². The highest BCUT2D eigenvalue weighted by molar-refractivity contribution is 9.10. The summed E-state index contributed by atoms with van der Waals surface area (Å²) in [4.78, 5) is 0. The van der Waals surface area contributed by atoms with Crippen LogP contribution >= 0.6 is 15.9 Å². The molecule has 0 aromatic heterocycles.